The first-order valence-electron chi connectivity index (χ1n) is 3.52. The smallest absolute Gasteiger partial charge is 0.348 e. The third-order valence-electron chi connectivity index (χ3n) is 1.36. The van der Waals surface area contributed by atoms with Crippen LogP contribution < -0.4 is 0 Å². The molecule has 4 nitrogen and oxygen atoms in total. The molecule has 1 aromatic heterocycles. The summed E-state index contributed by atoms with van der Waals surface area (Å²) in [5, 5.41) is 0. The molecule has 0 aliphatic carbocycles. The van der Waals surface area contributed by atoms with Crippen LogP contribution in [-0.4, -0.2) is 21.5 Å². The summed E-state index contributed by atoms with van der Waals surface area (Å²) in [6.07, 6.45) is 0. The van der Waals surface area contributed by atoms with Gasteiger partial charge < -0.3 is 4.74 Å². The lowest BCUT2D eigenvalue weighted by Crippen LogP contribution is -1.96. The molecule has 0 saturated heterocycles. The molecule has 7 heteroatoms. The van der Waals surface area contributed by atoms with Crippen LogP contribution in [0, 0.1) is 0 Å². The minimum absolute atomic E-state index is 0.268. The number of methoxy groups -OCH3 is 1. The number of thiophene rings is 1. The predicted octanol–water partition coefficient (Wildman–Crippen LogP) is 1.60. The number of carbonyl (C=O) groups is 1. The zero-order valence-electron chi connectivity index (χ0n) is 7.19. The Balaban J connectivity index is 2.84. The van der Waals surface area contributed by atoms with Gasteiger partial charge in [0, 0.05) is 15.6 Å². The Labute approximate surface area is 89.9 Å². The Morgan fingerprint density at radius 1 is 1.57 bits per heavy atom. The van der Waals surface area contributed by atoms with Crippen LogP contribution >= 0.6 is 22.0 Å². The minimum atomic E-state index is -3.57. The maximum atomic E-state index is 11.0. The molecule has 0 atom stereocenters. The van der Waals surface area contributed by atoms with Gasteiger partial charge >= 0.3 is 5.97 Å². The quantitative estimate of drug-likeness (QED) is 0.607. The normalized spacial score (nSPS) is 11.3. The van der Waals surface area contributed by atoms with Crippen LogP contribution in [0.5, 0.6) is 0 Å². The van der Waals surface area contributed by atoms with Crippen LogP contribution in [0.3, 0.4) is 0 Å². The number of ether oxygens (including phenoxy) is 1. The second kappa shape index (κ2) is 4.29. The first kappa shape index (κ1) is 11.5. The molecule has 0 aromatic carbocycles. The maximum Gasteiger partial charge on any atom is 0.348 e. The number of esters is 1. The van der Waals surface area contributed by atoms with Crippen molar-refractivity contribution < 1.29 is 17.9 Å². The summed E-state index contributed by atoms with van der Waals surface area (Å²) in [5.74, 6) is -0.746. The van der Waals surface area contributed by atoms with Crippen molar-refractivity contribution in [2.45, 2.75) is 5.75 Å². The van der Waals surface area contributed by atoms with Gasteiger partial charge in [-0.05, 0) is 12.1 Å². The lowest BCUT2D eigenvalue weighted by atomic mass is 10.4. The molecule has 1 aromatic rings. The van der Waals surface area contributed by atoms with Gasteiger partial charge in [-0.25, -0.2) is 13.2 Å². The number of halogens is 1. The van der Waals surface area contributed by atoms with Crippen molar-refractivity contribution in [3.05, 3.63) is 21.9 Å². The van der Waals surface area contributed by atoms with Crippen molar-refractivity contribution >= 4 is 37.0 Å². The summed E-state index contributed by atoms with van der Waals surface area (Å²) in [6, 6.07) is 3.05. The summed E-state index contributed by atoms with van der Waals surface area (Å²) in [5.41, 5.74) is 0. The van der Waals surface area contributed by atoms with E-state index in [1.807, 2.05) is 0 Å². The first-order valence-corrected chi connectivity index (χ1v) is 6.81. The summed E-state index contributed by atoms with van der Waals surface area (Å²) in [4.78, 5) is 11.9. The molecule has 0 unspecified atom stereocenters. The topological polar surface area (TPSA) is 60.4 Å². The van der Waals surface area contributed by atoms with Crippen molar-refractivity contribution in [1.82, 2.24) is 0 Å². The minimum Gasteiger partial charge on any atom is -0.465 e. The summed E-state index contributed by atoms with van der Waals surface area (Å²) < 4.78 is 25.9. The third-order valence-corrected chi connectivity index (χ3v) is 3.59. The molecule has 0 amide bonds. The average molecular weight is 255 g/mol. The van der Waals surface area contributed by atoms with Gasteiger partial charge in [-0.2, -0.15) is 0 Å². The summed E-state index contributed by atoms with van der Waals surface area (Å²) in [6.45, 7) is 0. The van der Waals surface area contributed by atoms with Gasteiger partial charge in [0.2, 0.25) is 9.05 Å². The zero-order valence-corrected chi connectivity index (χ0v) is 9.58. The van der Waals surface area contributed by atoms with E-state index in [1.165, 1.54) is 19.2 Å². The summed E-state index contributed by atoms with van der Waals surface area (Å²) in [7, 11) is 2.75. The number of rotatable bonds is 3. The van der Waals surface area contributed by atoms with E-state index in [0.717, 1.165) is 11.3 Å². The standard InChI is InChI=1S/C7H7ClO4S2/c1-12-7(9)6-3-2-5(13-6)4-14(8,10)11/h2-3H,4H2,1H3. The van der Waals surface area contributed by atoms with Gasteiger partial charge in [-0.1, -0.05) is 0 Å². The van der Waals surface area contributed by atoms with E-state index in [1.54, 1.807) is 0 Å². The van der Waals surface area contributed by atoms with Crippen molar-refractivity contribution in [1.29, 1.82) is 0 Å². The first-order chi connectivity index (χ1) is 6.42. The van der Waals surface area contributed by atoms with E-state index in [-0.39, 0.29) is 5.75 Å². The monoisotopic (exact) mass is 254 g/mol. The van der Waals surface area contributed by atoms with E-state index in [4.69, 9.17) is 10.7 Å². The highest BCUT2D eigenvalue weighted by Crippen LogP contribution is 2.20. The van der Waals surface area contributed by atoms with Gasteiger partial charge in [0.1, 0.15) is 4.88 Å². The molecule has 0 N–H and O–H groups in total. The molecular formula is C7H7ClO4S2. The fourth-order valence-corrected chi connectivity index (χ4v) is 3.24. The molecule has 0 bridgehead atoms. The molecule has 0 aliphatic heterocycles. The Bertz CT molecular complexity index is 434. The van der Waals surface area contributed by atoms with Gasteiger partial charge in [-0.3, -0.25) is 0 Å². The van der Waals surface area contributed by atoms with Gasteiger partial charge in [0.05, 0.1) is 12.9 Å². The lowest BCUT2D eigenvalue weighted by molar-refractivity contribution is 0.0606. The second-order valence-corrected chi connectivity index (χ2v) is 6.39. The second-order valence-electron chi connectivity index (χ2n) is 2.44. The van der Waals surface area contributed by atoms with E-state index in [9.17, 15) is 13.2 Å². The number of hydrogen-bond donors (Lipinski definition) is 0. The highest BCUT2D eigenvalue weighted by Gasteiger charge is 2.13. The Morgan fingerprint density at radius 3 is 2.71 bits per heavy atom. The predicted molar refractivity (Wildman–Crippen MR) is 54.1 cm³/mol. The van der Waals surface area contributed by atoms with E-state index in [2.05, 4.69) is 4.74 Å². The van der Waals surface area contributed by atoms with Gasteiger partial charge in [-0.15, -0.1) is 11.3 Å². The molecule has 0 fully saturated rings. The molecule has 0 aliphatic rings. The average Bonchev–Trinajstić information content (AvgIpc) is 2.48. The molecule has 0 radical (unpaired) electrons. The Hall–Kier alpha value is -0.590. The SMILES string of the molecule is COC(=O)c1ccc(CS(=O)(=O)Cl)s1. The Kier molecular flexibility index (Phi) is 3.52. The fraction of sp³-hybridized carbons (Fsp3) is 0.286. The van der Waals surface area contributed by atoms with Gasteiger partial charge in [0.25, 0.3) is 0 Å². The molecule has 1 rings (SSSR count). The van der Waals surface area contributed by atoms with Crippen LogP contribution in [0.1, 0.15) is 14.5 Å². The Morgan fingerprint density at radius 2 is 2.21 bits per heavy atom. The van der Waals surface area contributed by atoms with Crippen LogP contribution in [0.2, 0.25) is 0 Å². The third kappa shape index (κ3) is 3.28. The fourth-order valence-electron chi connectivity index (χ4n) is 0.836. The van der Waals surface area contributed by atoms with Crippen LogP contribution in [0.4, 0.5) is 0 Å². The number of hydrogen-bond acceptors (Lipinski definition) is 5. The largest absolute Gasteiger partial charge is 0.465 e. The highest BCUT2D eigenvalue weighted by molar-refractivity contribution is 8.13. The zero-order chi connectivity index (χ0) is 10.8. The molecule has 14 heavy (non-hydrogen) atoms. The maximum absolute atomic E-state index is 11.0. The van der Waals surface area contributed by atoms with Crippen LogP contribution in [0.25, 0.3) is 0 Å². The van der Waals surface area contributed by atoms with Gasteiger partial charge in [0.15, 0.2) is 0 Å². The van der Waals surface area contributed by atoms with Crippen molar-refractivity contribution in [2.75, 3.05) is 7.11 Å². The lowest BCUT2D eigenvalue weighted by Gasteiger charge is -1.92. The van der Waals surface area contributed by atoms with E-state index in [0.29, 0.717) is 9.75 Å². The molecule has 78 valence electrons. The van der Waals surface area contributed by atoms with E-state index >= 15 is 0 Å². The van der Waals surface area contributed by atoms with Crippen molar-refractivity contribution in [2.24, 2.45) is 0 Å². The van der Waals surface area contributed by atoms with Crippen molar-refractivity contribution in [3.63, 3.8) is 0 Å². The van der Waals surface area contributed by atoms with Crippen molar-refractivity contribution in [3.8, 4) is 0 Å². The van der Waals surface area contributed by atoms with Crippen LogP contribution in [0.15, 0.2) is 12.1 Å². The molecular weight excluding hydrogens is 248 g/mol. The summed E-state index contributed by atoms with van der Waals surface area (Å²) >= 11 is 1.05. The molecule has 0 spiro atoms. The van der Waals surface area contributed by atoms with Crippen LogP contribution in [-0.2, 0) is 19.5 Å². The van der Waals surface area contributed by atoms with E-state index < -0.39 is 15.0 Å². The number of carbonyl (C=O) groups excluding carboxylic acids is 1. The highest BCUT2D eigenvalue weighted by atomic mass is 35.7. The molecule has 0 saturated carbocycles. The molecule has 1 heterocycles.